The molecule has 0 amide bonds. The van der Waals surface area contributed by atoms with Gasteiger partial charge in [-0.3, -0.25) is 0 Å². The lowest BCUT2D eigenvalue weighted by molar-refractivity contribution is 0.275. The van der Waals surface area contributed by atoms with Gasteiger partial charge < -0.3 is 15.3 Å². The first-order chi connectivity index (χ1) is 14.6. The molecule has 3 heterocycles. The maximum atomic E-state index is 9.92. The summed E-state index contributed by atoms with van der Waals surface area (Å²) in [6, 6.07) is 7.14. The number of fused-ring (bicyclic) bond motifs is 1. The quantitative estimate of drug-likeness (QED) is 0.624. The van der Waals surface area contributed by atoms with E-state index in [1.54, 1.807) is 24.5 Å². The van der Waals surface area contributed by atoms with Crippen LogP contribution in [0.15, 0.2) is 36.9 Å². The molecule has 1 aromatic carbocycles. The van der Waals surface area contributed by atoms with E-state index in [1.165, 1.54) is 6.33 Å². The molecule has 160 valence electrons. The van der Waals surface area contributed by atoms with Crippen LogP contribution in [0.5, 0.6) is 0 Å². The Bertz CT molecular complexity index is 1100. The third-order valence-electron chi connectivity index (χ3n) is 5.12. The molecule has 0 fully saturated rings. The van der Waals surface area contributed by atoms with Gasteiger partial charge in [0.1, 0.15) is 24.0 Å². The van der Waals surface area contributed by atoms with Gasteiger partial charge in [-0.1, -0.05) is 19.0 Å². The first-order valence-electron chi connectivity index (χ1n) is 9.52. The van der Waals surface area contributed by atoms with Crippen LogP contribution in [0.25, 0.3) is 0 Å². The van der Waals surface area contributed by atoms with E-state index in [9.17, 15) is 10.4 Å². The zero-order valence-corrected chi connectivity index (χ0v) is 17.1. The molecule has 1 atom stereocenters. The fourth-order valence-corrected chi connectivity index (χ4v) is 3.70. The Morgan fingerprint density at radius 1 is 1.26 bits per heavy atom. The van der Waals surface area contributed by atoms with Crippen molar-refractivity contribution in [2.45, 2.75) is 33.4 Å². The minimum absolute atomic E-state index is 0. The van der Waals surface area contributed by atoms with Crippen molar-refractivity contribution in [3.63, 3.8) is 0 Å². The summed E-state index contributed by atoms with van der Waals surface area (Å²) in [7, 11) is 0. The number of nitrogens with zero attached hydrogens (tertiary/aromatic N) is 6. The fourth-order valence-electron chi connectivity index (χ4n) is 3.53. The van der Waals surface area contributed by atoms with Crippen molar-refractivity contribution >= 4 is 23.1 Å². The van der Waals surface area contributed by atoms with Gasteiger partial charge in [-0.25, -0.2) is 19.9 Å². The smallest absolute Gasteiger partial charge is 0.135 e. The topological polar surface area (TPSA) is 111 Å². The highest BCUT2D eigenvalue weighted by atomic mass is 35.5. The molecule has 3 aromatic rings. The third-order valence-corrected chi connectivity index (χ3v) is 5.35. The predicted octanol–water partition coefficient (Wildman–Crippen LogP) is 3.44. The van der Waals surface area contributed by atoms with Crippen molar-refractivity contribution in [2.75, 3.05) is 23.4 Å². The number of hydrogen-bond acceptors (Lipinski definition) is 8. The van der Waals surface area contributed by atoms with Crippen molar-refractivity contribution in [3.8, 4) is 6.07 Å². The standard InChI is InChI=1S/C21H20ClN7O.CH4/c1-13-24-8-15(9-25-13)19(11-30)28-21-17-10-29(5-4-18(17)26-12-27-21)20-3-2-16(22)6-14(20)7-23;/h2-3,6,8-9,12,19,30H,4-5,10-11H2,1H3,(H,26,27,28);1H4/t19-;/m1./s1. The number of halogens is 1. The summed E-state index contributed by atoms with van der Waals surface area (Å²) in [6.45, 7) is 2.95. The summed E-state index contributed by atoms with van der Waals surface area (Å²) in [4.78, 5) is 19.4. The molecule has 2 N–H and O–H groups in total. The first-order valence-corrected chi connectivity index (χ1v) is 9.90. The highest BCUT2D eigenvalue weighted by Crippen LogP contribution is 2.31. The number of rotatable bonds is 5. The van der Waals surface area contributed by atoms with Crippen molar-refractivity contribution in [1.82, 2.24) is 19.9 Å². The van der Waals surface area contributed by atoms with Gasteiger partial charge in [-0.15, -0.1) is 0 Å². The normalized spacial score (nSPS) is 13.5. The van der Waals surface area contributed by atoms with Gasteiger partial charge in [-0.2, -0.15) is 5.26 Å². The van der Waals surface area contributed by atoms with Crippen LogP contribution in [-0.4, -0.2) is 38.2 Å². The molecule has 9 heteroatoms. The van der Waals surface area contributed by atoms with Crippen LogP contribution in [0.3, 0.4) is 0 Å². The zero-order valence-electron chi connectivity index (χ0n) is 16.4. The van der Waals surface area contributed by atoms with E-state index in [-0.39, 0.29) is 14.0 Å². The number of aliphatic hydroxyl groups is 1. The summed E-state index contributed by atoms with van der Waals surface area (Å²) in [5.74, 6) is 1.32. The molecule has 1 aliphatic heterocycles. The van der Waals surface area contributed by atoms with Gasteiger partial charge in [0.15, 0.2) is 0 Å². The Hall–Kier alpha value is -3.28. The van der Waals surface area contributed by atoms with Crippen LogP contribution in [0.2, 0.25) is 5.02 Å². The highest BCUT2D eigenvalue weighted by Gasteiger charge is 2.24. The second kappa shape index (κ2) is 9.69. The van der Waals surface area contributed by atoms with Crippen LogP contribution < -0.4 is 10.2 Å². The number of nitrogens with one attached hydrogen (secondary N) is 1. The number of aromatic nitrogens is 4. The minimum atomic E-state index is -0.398. The number of aryl methyl sites for hydroxylation is 1. The Labute approximate surface area is 186 Å². The Morgan fingerprint density at radius 3 is 2.74 bits per heavy atom. The van der Waals surface area contributed by atoms with E-state index < -0.39 is 6.04 Å². The monoisotopic (exact) mass is 437 g/mol. The van der Waals surface area contributed by atoms with E-state index in [0.717, 1.165) is 35.5 Å². The van der Waals surface area contributed by atoms with Crippen LogP contribution >= 0.6 is 11.6 Å². The third kappa shape index (κ3) is 4.74. The largest absolute Gasteiger partial charge is 0.394 e. The second-order valence-electron chi connectivity index (χ2n) is 7.04. The SMILES string of the molecule is C.Cc1ncc([C@@H](CO)Nc2ncnc3c2CN(c2ccc(Cl)cc2C#N)CC3)cn1. The zero-order chi connectivity index (χ0) is 21.1. The van der Waals surface area contributed by atoms with E-state index >= 15 is 0 Å². The van der Waals surface area contributed by atoms with Gasteiger partial charge in [-0.05, 0) is 25.1 Å². The predicted molar refractivity (Wildman–Crippen MR) is 120 cm³/mol. The summed E-state index contributed by atoms with van der Waals surface area (Å²) in [5.41, 5.74) is 4.02. The number of hydrogen-bond donors (Lipinski definition) is 2. The number of nitriles is 1. The van der Waals surface area contributed by atoms with Crippen LogP contribution in [0, 0.1) is 18.3 Å². The van der Waals surface area contributed by atoms with Crippen LogP contribution in [0.1, 0.15) is 41.7 Å². The molecule has 0 saturated heterocycles. The number of anilines is 2. The van der Waals surface area contributed by atoms with Crippen molar-refractivity contribution in [3.05, 3.63) is 70.2 Å². The average Bonchev–Trinajstić information content (AvgIpc) is 2.78. The van der Waals surface area contributed by atoms with E-state index in [4.69, 9.17) is 11.6 Å². The highest BCUT2D eigenvalue weighted by molar-refractivity contribution is 6.30. The molecule has 0 saturated carbocycles. The van der Waals surface area contributed by atoms with Crippen LogP contribution in [-0.2, 0) is 13.0 Å². The molecule has 8 nitrogen and oxygen atoms in total. The second-order valence-corrected chi connectivity index (χ2v) is 7.47. The van der Waals surface area contributed by atoms with Crippen molar-refractivity contribution < 1.29 is 5.11 Å². The maximum Gasteiger partial charge on any atom is 0.135 e. The minimum Gasteiger partial charge on any atom is -0.394 e. The van der Waals surface area contributed by atoms with E-state index in [0.29, 0.717) is 28.8 Å². The number of aliphatic hydroxyl groups excluding tert-OH is 1. The summed E-state index contributed by atoms with van der Waals surface area (Å²) < 4.78 is 0. The molecular weight excluding hydrogens is 414 g/mol. The average molecular weight is 438 g/mol. The van der Waals surface area contributed by atoms with Crippen molar-refractivity contribution in [2.24, 2.45) is 0 Å². The van der Waals surface area contributed by atoms with E-state index in [2.05, 4.69) is 36.2 Å². The first kappa shape index (κ1) is 22.4. The number of benzene rings is 1. The molecule has 0 radical (unpaired) electrons. The van der Waals surface area contributed by atoms with E-state index in [1.807, 2.05) is 13.0 Å². The van der Waals surface area contributed by atoms with Gasteiger partial charge >= 0.3 is 0 Å². The van der Waals surface area contributed by atoms with Gasteiger partial charge in [0.05, 0.1) is 29.6 Å². The Morgan fingerprint density at radius 2 is 2.03 bits per heavy atom. The molecular formula is C22H24ClN7O. The molecule has 2 aromatic heterocycles. The molecule has 4 rings (SSSR count). The molecule has 0 spiro atoms. The van der Waals surface area contributed by atoms with Gasteiger partial charge in [0, 0.05) is 48.1 Å². The lowest BCUT2D eigenvalue weighted by atomic mass is 10.0. The molecule has 0 unspecified atom stereocenters. The molecule has 1 aliphatic rings. The molecule has 0 aliphatic carbocycles. The van der Waals surface area contributed by atoms with Gasteiger partial charge in [0.25, 0.3) is 0 Å². The Kier molecular flexibility index (Phi) is 7.00. The summed E-state index contributed by atoms with van der Waals surface area (Å²) in [5, 5.41) is 23.3. The summed E-state index contributed by atoms with van der Waals surface area (Å²) >= 11 is 6.05. The lowest BCUT2D eigenvalue weighted by Crippen LogP contribution is -2.33. The van der Waals surface area contributed by atoms with Crippen LogP contribution in [0.4, 0.5) is 11.5 Å². The van der Waals surface area contributed by atoms with Crippen molar-refractivity contribution in [1.29, 1.82) is 5.26 Å². The fraction of sp³-hybridized carbons (Fsp3) is 0.318. The van der Waals surface area contributed by atoms with Gasteiger partial charge in [0.2, 0.25) is 0 Å². The molecule has 31 heavy (non-hydrogen) atoms. The lowest BCUT2D eigenvalue weighted by Gasteiger charge is -2.32. The molecule has 0 bridgehead atoms. The summed E-state index contributed by atoms with van der Waals surface area (Å²) in [6.07, 6.45) is 5.64. The maximum absolute atomic E-state index is 9.92. The Balaban J connectivity index is 0.00000272.